The van der Waals surface area contributed by atoms with Crippen LogP contribution >= 0.6 is 0 Å². The van der Waals surface area contributed by atoms with Crippen molar-refractivity contribution in [3.05, 3.63) is 97.2 Å². The molecule has 1 N–H and O–H groups in total. The second kappa shape index (κ2) is 7.63. The van der Waals surface area contributed by atoms with Crippen LogP contribution in [0.15, 0.2) is 91.5 Å². The number of rotatable bonds is 5. The van der Waals surface area contributed by atoms with Crippen molar-refractivity contribution < 1.29 is 5.11 Å². The van der Waals surface area contributed by atoms with Gasteiger partial charge in [0.1, 0.15) is 17.9 Å². The van der Waals surface area contributed by atoms with Crippen LogP contribution in [0.4, 0.5) is 11.5 Å². The number of fused-ring (bicyclic) bond motifs is 1. The summed E-state index contributed by atoms with van der Waals surface area (Å²) in [6.45, 7) is 0.432. The highest BCUT2D eigenvalue weighted by Gasteiger charge is 2.20. The van der Waals surface area contributed by atoms with Crippen LogP contribution in [0.5, 0.6) is 5.75 Å². The van der Waals surface area contributed by atoms with Gasteiger partial charge in [0.25, 0.3) is 0 Å². The highest BCUT2D eigenvalue weighted by molar-refractivity contribution is 5.90. The molecule has 30 heavy (non-hydrogen) atoms. The van der Waals surface area contributed by atoms with Crippen LogP contribution in [0, 0.1) is 0 Å². The highest BCUT2D eigenvalue weighted by atomic mass is 16.3. The van der Waals surface area contributed by atoms with Crippen molar-refractivity contribution in [2.45, 2.75) is 6.54 Å². The fourth-order valence-electron chi connectivity index (χ4n) is 3.43. The second-order valence-electron chi connectivity index (χ2n) is 6.72. The number of phenols is 1. The maximum atomic E-state index is 10.5. The Labute approximate surface area is 172 Å². The van der Waals surface area contributed by atoms with Gasteiger partial charge in [0.15, 0.2) is 5.65 Å². The van der Waals surface area contributed by atoms with Crippen LogP contribution in [-0.2, 0) is 6.54 Å². The molecule has 5 aromatic rings. The number of benzene rings is 2. The third-order valence-electron chi connectivity index (χ3n) is 4.82. The monoisotopic (exact) mass is 394 g/mol. The zero-order chi connectivity index (χ0) is 20.3. The Hall–Kier alpha value is -4.26. The van der Waals surface area contributed by atoms with E-state index < -0.39 is 0 Å². The van der Waals surface area contributed by atoms with Gasteiger partial charge < -0.3 is 10.0 Å². The van der Waals surface area contributed by atoms with E-state index in [0.717, 1.165) is 16.8 Å². The second-order valence-corrected chi connectivity index (χ2v) is 6.72. The summed E-state index contributed by atoms with van der Waals surface area (Å²) in [4.78, 5) is 15.4. The Morgan fingerprint density at radius 3 is 2.43 bits per heavy atom. The summed E-state index contributed by atoms with van der Waals surface area (Å²) in [5, 5.41) is 15.9. The predicted octanol–water partition coefficient (Wildman–Crippen LogP) is 4.25. The van der Waals surface area contributed by atoms with Gasteiger partial charge in [-0.15, -0.1) is 0 Å². The van der Waals surface area contributed by atoms with Crippen molar-refractivity contribution in [2.24, 2.45) is 0 Å². The Kier molecular flexibility index (Phi) is 4.53. The lowest BCUT2D eigenvalue weighted by atomic mass is 10.2. The molecule has 7 nitrogen and oxygen atoms in total. The number of aromatic nitrogens is 5. The maximum Gasteiger partial charge on any atom is 0.168 e. The summed E-state index contributed by atoms with van der Waals surface area (Å²) in [6, 6.07) is 22.8. The van der Waals surface area contributed by atoms with Gasteiger partial charge in [0.2, 0.25) is 0 Å². The van der Waals surface area contributed by atoms with Gasteiger partial charge >= 0.3 is 0 Å². The molecule has 0 bridgehead atoms. The number of aromatic hydroxyl groups is 1. The summed E-state index contributed by atoms with van der Waals surface area (Å²) in [6.07, 6.45) is 5.02. The van der Waals surface area contributed by atoms with E-state index in [4.69, 9.17) is 0 Å². The quantitative estimate of drug-likeness (QED) is 0.480. The zero-order valence-corrected chi connectivity index (χ0v) is 16.0. The fraction of sp³-hybridized carbons (Fsp3) is 0.0435. The molecule has 7 heteroatoms. The first kappa shape index (κ1) is 17.8. The Morgan fingerprint density at radius 1 is 0.833 bits per heavy atom. The largest absolute Gasteiger partial charge is 0.506 e. The minimum atomic E-state index is 0.163. The Morgan fingerprint density at radius 2 is 1.63 bits per heavy atom. The van der Waals surface area contributed by atoms with Crippen molar-refractivity contribution in [1.29, 1.82) is 0 Å². The maximum absolute atomic E-state index is 10.5. The standard InChI is InChI=1S/C23H18N6O/c30-21-12-5-4-11-20(21)28(15-17-8-6-7-13-24-17)22-19-14-27-29(23(19)26-16-25-22)18-9-2-1-3-10-18/h1-14,16,30H,15H2. The Balaban J connectivity index is 1.68. The van der Waals surface area contributed by atoms with Crippen molar-refractivity contribution in [3.63, 3.8) is 0 Å². The third-order valence-corrected chi connectivity index (χ3v) is 4.82. The lowest BCUT2D eigenvalue weighted by Gasteiger charge is -2.24. The molecule has 0 spiro atoms. The lowest BCUT2D eigenvalue weighted by molar-refractivity contribution is 0.475. The number of pyridine rings is 1. The predicted molar refractivity (Wildman–Crippen MR) is 115 cm³/mol. The first-order chi connectivity index (χ1) is 14.8. The number of phenolic OH excluding ortho intramolecular Hbond substituents is 1. The molecule has 5 rings (SSSR count). The number of hydrogen-bond acceptors (Lipinski definition) is 6. The van der Waals surface area contributed by atoms with Gasteiger partial charge in [0.05, 0.1) is 35.2 Å². The molecular weight excluding hydrogens is 376 g/mol. The number of para-hydroxylation sites is 3. The lowest BCUT2D eigenvalue weighted by Crippen LogP contribution is -2.19. The number of hydrogen-bond donors (Lipinski definition) is 1. The van der Waals surface area contributed by atoms with E-state index >= 15 is 0 Å². The molecule has 0 fully saturated rings. The van der Waals surface area contributed by atoms with E-state index in [1.54, 1.807) is 29.2 Å². The first-order valence-corrected chi connectivity index (χ1v) is 9.51. The summed E-state index contributed by atoms with van der Waals surface area (Å²) < 4.78 is 1.78. The molecule has 3 aromatic heterocycles. The number of nitrogens with zero attached hydrogens (tertiary/aromatic N) is 6. The molecule has 3 heterocycles. The summed E-state index contributed by atoms with van der Waals surface area (Å²) >= 11 is 0. The Bertz CT molecular complexity index is 1290. The van der Waals surface area contributed by atoms with Crippen molar-refractivity contribution in [3.8, 4) is 11.4 Å². The van der Waals surface area contributed by atoms with E-state index in [-0.39, 0.29) is 5.75 Å². The van der Waals surface area contributed by atoms with Gasteiger partial charge in [-0.25, -0.2) is 14.6 Å². The van der Waals surface area contributed by atoms with Crippen LogP contribution in [0.1, 0.15) is 5.69 Å². The molecule has 0 aliphatic heterocycles. The zero-order valence-electron chi connectivity index (χ0n) is 16.0. The molecule has 0 aliphatic carbocycles. The summed E-state index contributed by atoms with van der Waals surface area (Å²) in [5.41, 5.74) is 3.09. The van der Waals surface area contributed by atoms with Crippen molar-refractivity contribution in [1.82, 2.24) is 24.7 Å². The topological polar surface area (TPSA) is 80.0 Å². The molecule has 0 saturated carbocycles. The molecule has 2 aromatic carbocycles. The molecule has 0 aliphatic rings. The van der Waals surface area contributed by atoms with E-state index in [1.165, 1.54) is 6.33 Å². The van der Waals surface area contributed by atoms with Crippen molar-refractivity contribution in [2.75, 3.05) is 4.90 Å². The molecule has 0 unspecified atom stereocenters. The molecule has 0 atom stereocenters. The van der Waals surface area contributed by atoms with Gasteiger partial charge in [-0.3, -0.25) is 4.98 Å². The average Bonchev–Trinajstić information content (AvgIpc) is 3.24. The van der Waals surface area contributed by atoms with Crippen molar-refractivity contribution >= 4 is 22.5 Å². The van der Waals surface area contributed by atoms with Crippen LogP contribution in [0.25, 0.3) is 16.7 Å². The van der Waals surface area contributed by atoms with E-state index in [0.29, 0.717) is 23.7 Å². The van der Waals surface area contributed by atoms with E-state index in [2.05, 4.69) is 20.1 Å². The molecule has 146 valence electrons. The third kappa shape index (κ3) is 3.22. The fourth-order valence-corrected chi connectivity index (χ4v) is 3.43. The van der Waals surface area contributed by atoms with E-state index in [9.17, 15) is 5.11 Å². The van der Waals surface area contributed by atoms with Gasteiger partial charge in [-0.2, -0.15) is 5.10 Å². The smallest absolute Gasteiger partial charge is 0.168 e. The summed E-state index contributed by atoms with van der Waals surface area (Å²) in [5.74, 6) is 0.810. The molecule has 0 radical (unpaired) electrons. The normalized spacial score (nSPS) is 10.9. The highest BCUT2D eigenvalue weighted by Crippen LogP contribution is 2.36. The van der Waals surface area contributed by atoms with Crippen LogP contribution in [-0.4, -0.2) is 29.8 Å². The molecule has 0 saturated heterocycles. The average molecular weight is 394 g/mol. The van der Waals surface area contributed by atoms with E-state index in [1.807, 2.05) is 65.6 Å². The van der Waals surface area contributed by atoms with Crippen LogP contribution in [0.2, 0.25) is 0 Å². The minimum Gasteiger partial charge on any atom is -0.506 e. The SMILES string of the molecule is Oc1ccccc1N(Cc1ccccn1)c1ncnc2c1cnn2-c1ccccc1. The molecule has 0 amide bonds. The minimum absolute atomic E-state index is 0.163. The first-order valence-electron chi connectivity index (χ1n) is 9.51. The van der Waals surface area contributed by atoms with Gasteiger partial charge in [0, 0.05) is 6.20 Å². The van der Waals surface area contributed by atoms with Crippen LogP contribution < -0.4 is 4.90 Å². The van der Waals surface area contributed by atoms with Crippen LogP contribution in [0.3, 0.4) is 0 Å². The summed E-state index contributed by atoms with van der Waals surface area (Å²) in [7, 11) is 0. The number of anilines is 2. The van der Waals surface area contributed by atoms with Gasteiger partial charge in [-0.1, -0.05) is 36.4 Å². The van der Waals surface area contributed by atoms with Gasteiger partial charge in [-0.05, 0) is 36.4 Å². The molecular formula is C23H18N6O.